The Morgan fingerprint density at radius 3 is 2.50 bits per heavy atom. The number of carbonyl (C=O) groups is 2. The minimum Gasteiger partial charge on any atom is -0.345 e. The minimum atomic E-state index is -0.906. The Labute approximate surface area is 94.2 Å². The fourth-order valence-electron chi connectivity index (χ4n) is 1.94. The van der Waals surface area contributed by atoms with Gasteiger partial charge in [0.2, 0.25) is 5.91 Å². The fraction of sp³-hybridized carbons (Fsp3) is 0.333. The van der Waals surface area contributed by atoms with Crippen LogP contribution in [0.15, 0.2) is 30.3 Å². The van der Waals surface area contributed by atoms with E-state index in [-0.39, 0.29) is 18.4 Å². The van der Waals surface area contributed by atoms with Crippen molar-refractivity contribution in [2.75, 3.05) is 13.6 Å². The van der Waals surface area contributed by atoms with Crippen molar-refractivity contribution in [3.05, 3.63) is 35.9 Å². The molecule has 4 nitrogen and oxygen atoms in total. The Morgan fingerprint density at radius 1 is 1.25 bits per heavy atom. The van der Waals surface area contributed by atoms with E-state index in [0.29, 0.717) is 0 Å². The summed E-state index contributed by atoms with van der Waals surface area (Å²) in [5.41, 5.74) is -0.0839. The molecule has 1 heterocycles. The molecule has 0 spiro atoms. The highest BCUT2D eigenvalue weighted by atomic mass is 16.2. The van der Waals surface area contributed by atoms with Gasteiger partial charge < -0.3 is 10.2 Å². The molecule has 0 aromatic heterocycles. The quantitative estimate of drug-likeness (QED) is 0.745. The molecule has 1 aromatic rings. The molecule has 0 aliphatic carbocycles. The van der Waals surface area contributed by atoms with Crippen LogP contribution in [0.1, 0.15) is 12.5 Å². The fourth-order valence-corrected chi connectivity index (χ4v) is 1.94. The van der Waals surface area contributed by atoms with Gasteiger partial charge in [-0.2, -0.15) is 0 Å². The van der Waals surface area contributed by atoms with E-state index in [1.165, 1.54) is 4.90 Å². The van der Waals surface area contributed by atoms with E-state index < -0.39 is 5.54 Å². The molecule has 1 atom stereocenters. The molecule has 1 aliphatic heterocycles. The summed E-state index contributed by atoms with van der Waals surface area (Å²) in [7, 11) is 1.66. The van der Waals surface area contributed by atoms with Crippen LogP contribution in [0.3, 0.4) is 0 Å². The van der Waals surface area contributed by atoms with Gasteiger partial charge in [-0.05, 0) is 12.5 Å². The van der Waals surface area contributed by atoms with E-state index >= 15 is 0 Å². The zero-order valence-electron chi connectivity index (χ0n) is 9.36. The Kier molecular flexibility index (Phi) is 2.42. The number of rotatable bonds is 1. The predicted octanol–water partition coefficient (Wildman–Crippen LogP) is 0.490. The van der Waals surface area contributed by atoms with Crippen LogP contribution in [0.5, 0.6) is 0 Å². The zero-order chi connectivity index (χ0) is 11.8. The summed E-state index contributed by atoms with van der Waals surface area (Å²) in [6, 6.07) is 9.32. The van der Waals surface area contributed by atoms with E-state index in [0.717, 1.165) is 5.56 Å². The van der Waals surface area contributed by atoms with Crippen LogP contribution < -0.4 is 5.32 Å². The number of hydrogen-bond donors (Lipinski definition) is 1. The second-order valence-electron chi connectivity index (χ2n) is 4.07. The summed E-state index contributed by atoms with van der Waals surface area (Å²) >= 11 is 0. The van der Waals surface area contributed by atoms with Gasteiger partial charge in [-0.15, -0.1) is 0 Å². The van der Waals surface area contributed by atoms with Crippen molar-refractivity contribution < 1.29 is 9.59 Å². The van der Waals surface area contributed by atoms with Gasteiger partial charge in [-0.3, -0.25) is 9.59 Å². The zero-order valence-corrected chi connectivity index (χ0v) is 9.36. The van der Waals surface area contributed by atoms with E-state index in [1.54, 1.807) is 14.0 Å². The maximum absolute atomic E-state index is 12.0. The molecular formula is C12H14N2O2. The number of carbonyl (C=O) groups excluding carboxylic acids is 2. The van der Waals surface area contributed by atoms with Crippen molar-refractivity contribution in [3.8, 4) is 0 Å². The SMILES string of the molecule is CN1C(=O)CNC(=O)C1(C)c1ccccc1. The van der Waals surface area contributed by atoms with Gasteiger partial charge in [0.15, 0.2) is 0 Å². The number of nitrogens with zero attached hydrogens (tertiary/aromatic N) is 1. The van der Waals surface area contributed by atoms with Crippen molar-refractivity contribution >= 4 is 11.8 Å². The Hall–Kier alpha value is -1.84. The molecule has 0 saturated carbocycles. The van der Waals surface area contributed by atoms with Crippen LogP contribution in [-0.2, 0) is 15.1 Å². The molecule has 4 heteroatoms. The normalized spacial score (nSPS) is 25.5. The van der Waals surface area contributed by atoms with Crippen LogP contribution in [0, 0.1) is 0 Å². The monoisotopic (exact) mass is 218 g/mol. The maximum atomic E-state index is 12.0. The number of likely N-dealkylation sites (N-methyl/N-ethyl adjacent to an activating group) is 1. The first-order valence-electron chi connectivity index (χ1n) is 5.17. The molecule has 2 rings (SSSR count). The van der Waals surface area contributed by atoms with E-state index in [9.17, 15) is 9.59 Å². The number of benzene rings is 1. The standard InChI is InChI=1S/C12H14N2O2/c1-12(9-6-4-3-5-7-9)11(16)13-8-10(15)14(12)2/h3-7H,8H2,1-2H3,(H,13,16). The second kappa shape index (κ2) is 3.63. The second-order valence-corrected chi connectivity index (χ2v) is 4.07. The molecule has 1 unspecified atom stereocenters. The van der Waals surface area contributed by atoms with Crippen LogP contribution in [0.4, 0.5) is 0 Å². The molecule has 1 aliphatic rings. The molecule has 1 aromatic carbocycles. The number of nitrogens with one attached hydrogen (secondary N) is 1. The van der Waals surface area contributed by atoms with Gasteiger partial charge in [-0.1, -0.05) is 30.3 Å². The summed E-state index contributed by atoms with van der Waals surface area (Å²) in [5.74, 6) is -0.216. The van der Waals surface area contributed by atoms with E-state index in [4.69, 9.17) is 0 Å². The lowest BCUT2D eigenvalue weighted by atomic mass is 9.88. The average molecular weight is 218 g/mol. The molecule has 84 valence electrons. The predicted molar refractivity (Wildman–Crippen MR) is 59.6 cm³/mol. The summed E-state index contributed by atoms with van der Waals surface area (Å²) in [4.78, 5) is 25.1. The van der Waals surface area contributed by atoms with Gasteiger partial charge in [-0.25, -0.2) is 0 Å². The summed E-state index contributed by atoms with van der Waals surface area (Å²) < 4.78 is 0. The van der Waals surface area contributed by atoms with Crippen LogP contribution in [0.2, 0.25) is 0 Å². The lowest BCUT2D eigenvalue weighted by molar-refractivity contribution is -0.151. The number of hydrogen-bond acceptors (Lipinski definition) is 2. The first-order valence-corrected chi connectivity index (χ1v) is 5.17. The first-order chi connectivity index (χ1) is 7.56. The maximum Gasteiger partial charge on any atom is 0.250 e. The smallest absolute Gasteiger partial charge is 0.250 e. The first kappa shape index (κ1) is 10.7. The Bertz CT molecular complexity index is 430. The third kappa shape index (κ3) is 1.38. The average Bonchev–Trinajstić information content (AvgIpc) is 2.33. The van der Waals surface area contributed by atoms with E-state index in [1.807, 2.05) is 30.3 Å². The van der Waals surface area contributed by atoms with E-state index in [2.05, 4.69) is 5.32 Å². The van der Waals surface area contributed by atoms with Gasteiger partial charge in [0.1, 0.15) is 5.54 Å². The van der Waals surface area contributed by atoms with Crippen molar-refractivity contribution in [2.45, 2.75) is 12.5 Å². The Balaban J connectivity index is 2.49. The minimum absolute atomic E-state index is 0.0778. The lowest BCUT2D eigenvalue weighted by Crippen LogP contribution is -2.62. The molecule has 16 heavy (non-hydrogen) atoms. The lowest BCUT2D eigenvalue weighted by Gasteiger charge is -2.41. The molecule has 1 fully saturated rings. The summed E-state index contributed by atoms with van der Waals surface area (Å²) in [6.07, 6.45) is 0. The largest absolute Gasteiger partial charge is 0.345 e. The van der Waals surface area contributed by atoms with Gasteiger partial charge in [0.25, 0.3) is 5.91 Å². The molecule has 1 N–H and O–H groups in total. The molecule has 0 bridgehead atoms. The summed E-state index contributed by atoms with van der Waals surface area (Å²) in [5, 5.41) is 2.62. The third-order valence-corrected chi connectivity index (χ3v) is 3.22. The van der Waals surface area contributed by atoms with Gasteiger partial charge >= 0.3 is 0 Å². The molecule has 1 saturated heterocycles. The third-order valence-electron chi connectivity index (χ3n) is 3.22. The van der Waals surface area contributed by atoms with Crippen molar-refractivity contribution in [2.24, 2.45) is 0 Å². The number of piperazine rings is 1. The van der Waals surface area contributed by atoms with Crippen molar-refractivity contribution in [1.29, 1.82) is 0 Å². The summed E-state index contributed by atoms with van der Waals surface area (Å²) in [6.45, 7) is 1.84. The highest BCUT2D eigenvalue weighted by molar-refractivity contribution is 5.98. The van der Waals surface area contributed by atoms with Crippen LogP contribution in [-0.4, -0.2) is 30.3 Å². The Morgan fingerprint density at radius 2 is 1.88 bits per heavy atom. The molecule has 2 amide bonds. The van der Waals surface area contributed by atoms with Crippen molar-refractivity contribution in [1.82, 2.24) is 10.2 Å². The molecule has 0 radical (unpaired) electrons. The van der Waals surface area contributed by atoms with Crippen LogP contribution >= 0.6 is 0 Å². The molecular weight excluding hydrogens is 204 g/mol. The number of amides is 2. The highest BCUT2D eigenvalue weighted by Crippen LogP contribution is 2.29. The van der Waals surface area contributed by atoms with Gasteiger partial charge in [0, 0.05) is 7.05 Å². The van der Waals surface area contributed by atoms with Crippen LogP contribution in [0.25, 0.3) is 0 Å². The van der Waals surface area contributed by atoms with Crippen molar-refractivity contribution in [3.63, 3.8) is 0 Å². The van der Waals surface area contributed by atoms with Gasteiger partial charge in [0.05, 0.1) is 6.54 Å². The topological polar surface area (TPSA) is 49.4 Å². The highest BCUT2D eigenvalue weighted by Gasteiger charge is 2.44.